The number of rotatable bonds is 8. The van der Waals surface area contributed by atoms with Gasteiger partial charge in [0.2, 0.25) is 0 Å². The molecule has 4 heteroatoms. The van der Waals surface area contributed by atoms with E-state index in [1.807, 2.05) is 11.3 Å². The summed E-state index contributed by atoms with van der Waals surface area (Å²) in [6.07, 6.45) is 3.59. The molecule has 0 radical (unpaired) electrons. The van der Waals surface area contributed by atoms with Crippen LogP contribution in [0.1, 0.15) is 35.6 Å². The Morgan fingerprint density at radius 3 is 2.84 bits per heavy atom. The van der Waals surface area contributed by atoms with E-state index in [1.54, 1.807) is 10.4 Å². The van der Waals surface area contributed by atoms with Crippen molar-refractivity contribution in [1.29, 1.82) is 0 Å². The highest BCUT2D eigenvalue weighted by Crippen LogP contribution is 2.30. The molecule has 0 spiro atoms. The third-order valence-electron chi connectivity index (χ3n) is 3.84. The Hall–Kier alpha value is -0.420. The number of nitrogens with one attached hydrogen (secondary N) is 1. The molecule has 1 aromatic rings. The Morgan fingerprint density at radius 1 is 1.37 bits per heavy atom. The minimum atomic E-state index is -0.272. The standard InChI is InChI=1S/C15H26N2OS/c1-3-17(4-2)11-13(18)9-16-10-14-8-12-6-5-7-15(12)19-14/h8,13,16,18H,3-7,9-11H2,1-2H3. The van der Waals surface area contributed by atoms with Crippen molar-refractivity contribution in [3.63, 3.8) is 0 Å². The van der Waals surface area contributed by atoms with Crippen molar-refractivity contribution in [2.24, 2.45) is 0 Å². The molecular weight excluding hydrogens is 256 g/mol. The maximum absolute atomic E-state index is 9.98. The fraction of sp³-hybridized carbons (Fsp3) is 0.733. The lowest BCUT2D eigenvalue weighted by Crippen LogP contribution is -2.38. The zero-order chi connectivity index (χ0) is 13.7. The van der Waals surface area contributed by atoms with Crippen molar-refractivity contribution in [2.45, 2.75) is 45.8 Å². The summed E-state index contributed by atoms with van der Waals surface area (Å²) in [5.41, 5.74) is 1.56. The number of aliphatic hydroxyl groups is 1. The molecule has 0 aromatic carbocycles. The van der Waals surface area contributed by atoms with E-state index in [2.05, 4.69) is 30.1 Å². The van der Waals surface area contributed by atoms with E-state index in [4.69, 9.17) is 0 Å². The molecule has 1 heterocycles. The van der Waals surface area contributed by atoms with Gasteiger partial charge in [-0.05, 0) is 44.0 Å². The molecular formula is C15H26N2OS. The predicted octanol–water partition coefficient (Wildman–Crippen LogP) is 2.03. The number of thiophene rings is 1. The molecule has 0 bridgehead atoms. The third-order valence-corrected chi connectivity index (χ3v) is 5.08. The highest BCUT2D eigenvalue weighted by atomic mass is 32.1. The quantitative estimate of drug-likeness (QED) is 0.766. The molecule has 0 aliphatic heterocycles. The normalized spacial score (nSPS) is 16.0. The zero-order valence-electron chi connectivity index (χ0n) is 12.1. The fourth-order valence-electron chi connectivity index (χ4n) is 2.68. The summed E-state index contributed by atoms with van der Waals surface area (Å²) in [5, 5.41) is 13.4. The van der Waals surface area contributed by atoms with Gasteiger partial charge in [-0.2, -0.15) is 0 Å². The second-order valence-corrected chi connectivity index (χ2v) is 6.51. The fourth-order valence-corrected chi connectivity index (χ4v) is 3.91. The average molecular weight is 282 g/mol. The van der Waals surface area contributed by atoms with Gasteiger partial charge in [0, 0.05) is 29.4 Å². The minimum Gasteiger partial charge on any atom is -0.390 e. The van der Waals surface area contributed by atoms with E-state index in [0.29, 0.717) is 6.54 Å². The summed E-state index contributed by atoms with van der Waals surface area (Å²) in [5.74, 6) is 0. The summed E-state index contributed by atoms with van der Waals surface area (Å²) in [4.78, 5) is 5.26. The lowest BCUT2D eigenvalue weighted by Gasteiger charge is -2.21. The Balaban J connectivity index is 1.68. The number of hydrogen-bond donors (Lipinski definition) is 2. The molecule has 19 heavy (non-hydrogen) atoms. The van der Waals surface area contributed by atoms with Crippen LogP contribution >= 0.6 is 11.3 Å². The van der Waals surface area contributed by atoms with Crippen molar-refractivity contribution >= 4 is 11.3 Å². The van der Waals surface area contributed by atoms with E-state index < -0.39 is 0 Å². The highest BCUT2D eigenvalue weighted by molar-refractivity contribution is 7.12. The van der Waals surface area contributed by atoms with E-state index in [0.717, 1.165) is 26.2 Å². The monoisotopic (exact) mass is 282 g/mol. The zero-order valence-corrected chi connectivity index (χ0v) is 12.9. The maximum atomic E-state index is 9.98. The number of aliphatic hydroxyl groups excluding tert-OH is 1. The van der Waals surface area contributed by atoms with Gasteiger partial charge in [-0.3, -0.25) is 0 Å². The summed E-state index contributed by atoms with van der Waals surface area (Å²) >= 11 is 1.94. The van der Waals surface area contributed by atoms with Crippen LogP contribution in [0.2, 0.25) is 0 Å². The molecule has 0 fully saturated rings. The van der Waals surface area contributed by atoms with Crippen LogP contribution in [0.4, 0.5) is 0 Å². The first-order chi connectivity index (χ1) is 9.22. The van der Waals surface area contributed by atoms with Crippen LogP contribution in [-0.2, 0) is 19.4 Å². The largest absolute Gasteiger partial charge is 0.390 e. The molecule has 1 unspecified atom stereocenters. The maximum Gasteiger partial charge on any atom is 0.0791 e. The van der Waals surface area contributed by atoms with Crippen molar-refractivity contribution in [1.82, 2.24) is 10.2 Å². The molecule has 0 amide bonds. The first-order valence-corrected chi connectivity index (χ1v) is 8.26. The number of likely N-dealkylation sites (N-methyl/N-ethyl adjacent to an activating group) is 1. The number of hydrogen-bond acceptors (Lipinski definition) is 4. The second-order valence-electron chi connectivity index (χ2n) is 5.29. The highest BCUT2D eigenvalue weighted by Gasteiger charge is 2.14. The molecule has 2 rings (SSSR count). The number of aryl methyl sites for hydroxylation is 2. The molecule has 1 aliphatic carbocycles. The van der Waals surface area contributed by atoms with Crippen LogP contribution in [-0.4, -0.2) is 42.3 Å². The smallest absolute Gasteiger partial charge is 0.0791 e. The van der Waals surface area contributed by atoms with E-state index >= 15 is 0 Å². The van der Waals surface area contributed by atoms with Crippen LogP contribution in [0.15, 0.2) is 6.07 Å². The van der Waals surface area contributed by atoms with Gasteiger partial charge < -0.3 is 15.3 Å². The summed E-state index contributed by atoms with van der Waals surface area (Å²) < 4.78 is 0. The molecule has 108 valence electrons. The third kappa shape index (κ3) is 4.28. The second kappa shape index (κ2) is 7.39. The van der Waals surface area contributed by atoms with Crippen LogP contribution in [0.5, 0.6) is 0 Å². The number of fused-ring (bicyclic) bond motifs is 1. The van der Waals surface area contributed by atoms with Gasteiger partial charge in [-0.15, -0.1) is 11.3 Å². The molecule has 0 saturated carbocycles. The van der Waals surface area contributed by atoms with E-state index in [-0.39, 0.29) is 6.10 Å². The Kier molecular flexibility index (Phi) is 5.82. The van der Waals surface area contributed by atoms with Gasteiger partial charge in [0.25, 0.3) is 0 Å². The molecule has 3 nitrogen and oxygen atoms in total. The van der Waals surface area contributed by atoms with E-state index in [9.17, 15) is 5.11 Å². The lowest BCUT2D eigenvalue weighted by atomic mass is 10.2. The summed E-state index contributed by atoms with van der Waals surface area (Å²) in [6.45, 7) is 8.62. The first-order valence-electron chi connectivity index (χ1n) is 7.44. The van der Waals surface area contributed by atoms with Crippen molar-refractivity contribution in [3.8, 4) is 0 Å². The van der Waals surface area contributed by atoms with Gasteiger partial charge in [0.1, 0.15) is 0 Å². The predicted molar refractivity (Wildman–Crippen MR) is 81.8 cm³/mol. The van der Waals surface area contributed by atoms with Gasteiger partial charge >= 0.3 is 0 Å². The van der Waals surface area contributed by atoms with Crippen LogP contribution in [0.3, 0.4) is 0 Å². The topological polar surface area (TPSA) is 35.5 Å². The van der Waals surface area contributed by atoms with Crippen LogP contribution < -0.4 is 5.32 Å². The van der Waals surface area contributed by atoms with Gasteiger partial charge in [-0.25, -0.2) is 0 Å². The Labute approximate surface area is 120 Å². The Morgan fingerprint density at radius 2 is 2.16 bits per heavy atom. The minimum absolute atomic E-state index is 0.272. The molecule has 0 saturated heterocycles. The van der Waals surface area contributed by atoms with Crippen LogP contribution in [0.25, 0.3) is 0 Å². The molecule has 1 atom stereocenters. The van der Waals surface area contributed by atoms with Gasteiger partial charge in [0.05, 0.1) is 6.10 Å². The summed E-state index contributed by atoms with van der Waals surface area (Å²) in [7, 11) is 0. The molecule has 1 aromatic heterocycles. The van der Waals surface area contributed by atoms with Gasteiger partial charge in [-0.1, -0.05) is 13.8 Å². The lowest BCUT2D eigenvalue weighted by molar-refractivity contribution is 0.116. The molecule has 2 N–H and O–H groups in total. The van der Waals surface area contributed by atoms with E-state index in [1.165, 1.54) is 24.1 Å². The number of nitrogens with zero attached hydrogens (tertiary/aromatic N) is 1. The van der Waals surface area contributed by atoms with Gasteiger partial charge in [0.15, 0.2) is 0 Å². The average Bonchev–Trinajstić information content (AvgIpc) is 2.96. The molecule has 1 aliphatic rings. The SMILES string of the molecule is CCN(CC)CC(O)CNCc1cc2c(s1)CCC2. The van der Waals surface area contributed by atoms with Crippen LogP contribution in [0, 0.1) is 0 Å². The van der Waals surface area contributed by atoms with Crippen molar-refractivity contribution < 1.29 is 5.11 Å². The van der Waals surface area contributed by atoms with Crippen molar-refractivity contribution in [2.75, 3.05) is 26.2 Å². The first kappa shape index (κ1) is 15.0. The summed E-state index contributed by atoms with van der Waals surface area (Å²) in [6, 6.07) is 2.34. The Bertz CT molecular complexity index is 366. The van der Waals surface area contributed by atoms with Crippen molar-refractivity contribution in [3.05, 3.63) is 21.4 Å².